The lowest BCUT2D eigenvalue weighted by atomic mass is 9.85. The van der Waals surface area contributed by atoms with Crippen molar-refractivity contribution in [1.29, 1.82) is 0 Å². The first kappa shape index (κ1) is 14.3. The van der Waals surface area contributed by atoms with E-state index in [1.54, 1.807) is 0 Å². The minimum atomic E-state index is -0.578. The summed E-state index contributed by atoms with van der Waals surface area (Å²) in [7, 11) is 0. The minimum absolute atomic E-state index is 0.0401. The third-order valence-electron chi connectivity index (χ3n) is 4.82. The number of carbonyl (C=O) groups is 1. The Morgan fingerprint density at radius 1 is 1.29 bits per heavy atom. The molecule has 0 spiro atoms. The highest BCUT2D eigenvalue weighted by Gasteiger charge is 2.37. The van der Waals surface area contributed by atoms with E-state index in [2.05, 4.69) is 5.32 Å². The Kier molecular flexibility index (Phi) is 4.11. The van der Waals surface area contributed by atoms with Gasteiger partial charge >= 0.3 is 0 Å². The van der Waals surface area contributed by atoms with Gasteiger partial charge in [-0.15, -0.1) is 0 Å². The molecule has 21 heavy (non-hydrogen) atoms. The predicted molar refractivity (Wildman–Crippen MR) is 82.6 cm³/mol. The second kappa shape index (κ2) is 6.02. The summed E-state index contributed by atoms with van der Waals surface area (Å²) in [4.78, 5) is 12.6. The van der Waals surface area contributed by atoms with Crippen LogP contribution in [0.1, 0.15) is 50.6 Å². The van der Waals surface area contributed by atoms with E-state index in [9.17, 15) is 9.90 Å². The highest BCUT2D eigenvalue weighted by Crippen LogP contribution is 2.42. The Labute approximate surface area is 126 Å². The summed E-state index contributed by atoms with van der Waals surface area (Å²) in [5.74, 6) is 0.347. The maximum Gasteiger partial charge on any atom is 0.250 e. The van der Waals surface area contributed by atoms with Crippen molar-refractivity contribution in [2.45, 2.75) is 51.2 Å². The van der Waals surface area contributed by atoms with Crippen molar-refractivity contribution in [2.24, 2.45) is 5.92 Å². The van der Waals surface area contributed by atoms with Crippen LogP contribution in [0.3, 0.4) is 0 Å². The number of rotatable bonds is 3. The molecule has 1 aromatic rings. The normalized spacial score (nSPS) is 26.4. The van der Waals surface area contributed by atoms with Crippen molar-refractivity contribution < 1.29 is 9.90 Å². The summed E-state index contributed by atoms with van der Waals surface area (Å²) in [5.41, 5.74) is 2.96. The van der Waals surface area contributed by atoms with Crippen molar-refractivity contribution >= 4 is 5.91 Å². The number of hydrogen-bond donors (Lipinski definition) is 2. The molecule has 0 aliphatic heterocycles. The van der Waals surface area contributed by atoms with Crippen LogP contribution in [0.5, 0.6) is 0 Å². The first-order chi connectivity index (χ1) is 10.2. The Hall–Kier alpha value is -1.61. The van der Waals surface area contributed by atoms with Crippen LogP contribution in [0.4, 0.5) is 0 Å². The fourth-order valence-electron chi connectivity index (χ4n) is 3.70. The lowest BCUT2D eigenvalue weighted by molar-refractivity contribution is -0.119. The molecule has 1 amide bonds. The lowest BCUT2D eigenvalue weighted by Gasteiger charge is -2.21. The number of allylic oxidation sites excluding steroid dienone is 1. The monoisotopic (exact) mass is 285 g/mol. The van der Waals surface area contributed by atoms with Gasteiger partial charge in [0.15, 0.2) is 0 Å². The Morgan fingerprint density at radius 2 is 2.05 bits per heavy atom. The molecule has 2 N–H and O–H groups in total. The van der Waals surface area contributed by atoms with Gasteiger partial charge in [-0.05, 0) is 44.1 Å². The van der Waals surface area contributed by atoms with E-state index in [0.717, 1.165) is 31.2 Å². The third-order valence-corrected chi connectivity index (χ3v) is 4.82. The lowest BCUT2D eigenvalue weighted by Crippen LogP contribution is -2.31. The molecular formula is C18H23NO2. The first-order valence-electron chi connectivity index (χ1n) is 7.93. The molecule has 3 heteroatoms. The van der Waals surface area contributed by atoms with Crippen LogP contribution >= 0.6 is 0 Å². The number of aliphatic hydroxyl groups excluding tert-OH is 1. The van der Waals surface area contributed by atoms with Gasteiger partial charge in [-0.25, -0.2) is 0 Å². The van der Waals surface area contributed by atoms with Crippen molar-refractivity contribution in [3.05, 3.63) is 47.0 Å². The van der Waals surface area contributed by atoms with Crippen LogP contribution < -0.4 is 5.32 Å². The van der Waals surface area contributed by atoms with Gasteiger partial charge in [-0.3, -0.25) is 4.79 Å². The largest absolute Gasteiger partial charge is 0.388 e. The number of amides is 1. The number of carbonyl (C=O) groups excluding carboxylic acids is 1. The quantitative estimate of drug-likeness (QED) is 0.896. The number of fused-ring (bicyclic) bond motifs is 1. The van der Waals surface area contributed by atoms with Crippen LogP contribution in [0, 0.1) is 5.92 Å². The molecule has 0 bridgehead atoms. The molecule has 3 nitrogen and oxygen atoms in total. The van der Waals surface area contributed by atoms with Crippen molar-refractivity contribution in [3.8, 4) is 0 Å². The van der Waals surface area contributed by atoms with E-state index in [0.29, 0.717) is 11.5 Å². The van der Waals surface area contributed by atoms with Crippen LogP contribution in [0.25, 0.3) is 0 Å². The molecule has 2 unspecified atom stereocenters. The van der Waals surface area contributed by atoms with Gasteiger partial charge in [-0.2, -0.15) is 0 Å². The second-order valence-electron chi connectivity index (χ2n) is 6.24. The number of benzene rings is 1. The van der Waals surface area contributed by atoms with Crippen LogP contribution in [-0.4, -0.2) is 17.1 Å². The number of nitrogens with one attached hydrogen (secondary N) is 1. The van der Waals surface area contributed by atoms with Crippen molar-refractivity contribution in [2.75, 3.05) is 0 Å². The standard InChI is InChI=1S/C18H23NO2/c1-12(13-7-3-2-4-8-13)19-18(21)17-15-10-6-5-9-14(15)11-16(17)20/h2-4,7-8,12,14,16,20H,5-6,9-11H2,1H3,(H,19,21)/t12-,14?,16?/m0/s1. The van der Waals surface area contributed by atoms with Gasteiger partial charge in [0.05, 0.1) is 12.1 Å². The Bertz CT molecular complexity index is 550. The maximum atomic E-state index is 12.6. The zero-order valence-corrected chi connectivity index (χ0v) is 12.5. The molecule has 112 valence electrons. The summed E-state index contributed by atoms with van der Waals surface area (Å²) in [6.45, 7) is 1.98. The van der Waals surface area contributed by atoms with Crippen molar-refractivity contribution in [1.82, 2.24) is 5.32 Å². The molecule has 2 aliphatic rings. The molecular weight excluding hydrogens is 262 g/mol. The SMILES string of the molecule is C[C@H](NC(=O)C1=C2CCCCC2CC1O)c1ccccc1. The summed E-state index contributed by atoms with van der Waals surface area (Å²) in [6, 6.07) is 9.90. The molecule has 0 heterocycles. The second-order valence-corrected chi connectivity index (χ2v) is 6.24. The summed E-state index contributed by atoms with van der Waals surface area (Å²) >= 11 is 0. The third kappa shape index (κ3) is 2.88. The zero-order chi connectivity index (χ0) is 14.8. The topological polar surface area (TPSA) is 49.3 Å². The fourth-order valence-corrected chi connectivity index (χ4v) is 3.70. The van der Waals surface area contributed by atoms with Crippen LogP contribution in [0.2, 0.25) is 0 Å². The maximum absolute atomic E-state index is 12.6. The molecule has 0 aromatic heterocycles. The van der Waals surface area contributed by atoms with E-state index in [4.69, 9.17) is 0 Å². The summed E-state index contributed by atoms with van der Waals surface area (Å²) < 4.78 is 0. The average molecular weight is 285 g/mol. The van der Waals surface area contributed by atoms with Crippen molar-refractivity contribution in [3.63, 3.8) is 0 Å². The van der Waals surface area contributed by atoms with Gasteiger partial charge in [0, 0.05) is 5.57 Å². The van der Waals surface area contributed by atoms with E-state index in [-0.39, 0.29) is 11.9 Å². The van der Waals surface area contributed by atoms with Gasteiger partial charge in [0.2, 0.25) is 5.91 Å². The van der Waals surface area contributed by atoms with E-state index >= 15 is 0 Å². The van der Waals surface area contributed by atoms with Gasteiger partial charge in [-0.1, -0.05) is 42.3 Å². The minimum Gasteiger partial charge on any atom is -0.388 e. The summed E-state index contributed by atoms with van der Waals surface area (Å²) in [6.07, 6.45) is 4.62. The molecule has 3 rings (SSSR count). The molecule has 1 aromatic carbocycles. The Morgan fingerprint density at radius 3 is 2.81 bits per heavy atom. The molecule has 0 saturated heterocycles. The fraction of sp³-hybridized carbons (Fsp3) is 0.500. The predicted octanol–water partition coefficient (Wildman–Crippen LogP) is 3.12. The van der Waals surface area contributed by atoms with Gasteiger partial charge in [0.1, 0.15) is 0 Å². The van der Waals surface area contributed by atoms with Gasteiger partial charge < -0.3 is 10.4 Å². The smallest absolute Gasteiger partial charge is 0.250 e. The zero-order valence-electron chi connectivity index (χ0n) is 12.5. The highest BCUT2D eigenvalue weighted by molar-refractivity contribution is 5.96. The molecule has 1 fully saturated rings. The molecule has 1 saturated carbocycles. The van der Waals surface area contributed by atoms with E-state index in [1.807, 2.05) is 37.3 Å². The Balaban J connectivity index is 1.75. The molecule has 3 atom stereocenters. The highest BCUT2D eigenvalue weighted by atomic mass is 16.3. The first-order valence-corrected chi connectivity index (χ1v) is 7.93. The van der Waals surface area contributed by atoms with E-state index in [1.165, 1.54) is 12.0 Å². The number of hydrogen-bond acceptors (Lipinski definition) is 2. The van der Waals surface area contributed by atoms with E-state index < -0.39 is 6.10 Å². The average Bonchev–Trinajstić information content (AvgIpc) is 2.83. The van der Waals surface area contributed by atoms with Crippen LogP contribution in [0.15, 0.2) is 41.5 Å². The number of aliphatic hydroxyl groups is 1. The molecule has 2 aliphatic carbocycles. The molecule has 0 radical (unpaired) electrons. The van der Waals surface area contributed by atoms with Crippen LogP contribution in [-0.2, 0) is 4.79 Å². The summed E-state index contributed by atoms with van der Waals surface area (Å²) in [5, 5.41) is 13.3. The van der Waals surface area contributed by atoms with Gasteiger partial charge in [0.25, 0.3) is 0 Å².